The van der Waals surface area contributed by atoms with Crippen molar-refractivity contribution in [2.24, 2.45) is 0 Å². The summed E-state index contributed by atoms with van der Waals surface area (Å²) in [5, 5.41) is 45.5. The molecule has 98 valence electrons. The molecule has 1 aliphatic carbocycles. The second-order valence-electron chi connectivity index (χ2n) is 4.47. The first-order valence-corrected chi connectivity index (χ1v) is 5.30. The van der Waals surface area contributed by atoms with Crippen LogP contribution in [-0.2, 0) is 0 Å². The Bertz CT molecular complexity index is 512. The van der Waals surface area contributed by atoms with Crippen LogP contribution in [0.1, 0.15) is 28.3 Å². The minimum atomic E-state index is -3.53. The third kappa shape index (κ3) is 2.05. The van der Waals surface area contributed by atoms with Crippen molar-refractivity contribution < 1.29 is 34.5 Å². The Labute approximate surface area is 101 Å². The van der Waals surface area contributed by atoms with Crippen molar-refractivity contribution in [2.45, 2.75) is 18.2 Å². The van der Waals surface area contributed by atoms with E-state index in [9.17, 15) is 14.3 Å². The Kier molecular flexibility index (Phi) is 2.80. The van der Waals surface area contributed by atoms with Gasteiger partial charge >= 0.3 is 12.7 Å². The average molecular weight is 257 g/mol. The Morgan fingerprint density at radius 1 is 1.33 bits per heavy atom. The number of hydrogen-bond acceptors (Lipinski definition) is 5. The average Bonchev–Trinajstić information content (AvgIpc) is 2.96. The van der Waals surface area contributed by atoms with Crippen LogP contribution >= 0.6 is 0 Å². The number of carboxylic acid groups (broad SMARTS) is 1. The van der Waals surface area contributed by atoms with Gasteiger partial charge in [0.1, 0.15) is 17.1 Å². The maximum Gasteiger partial charge on any atom is 0.375 e. The maximum absolute atomic E-state index is 13.2. The van der Waals surface area contributed by atoms with Gasteiger partial charge in [-0.05, 0) is 17.5 Å². The van der Waals surface area contributed by atoms with Crippen molar-refractivity contribution >= 4 is 12.7 Å². The molecule has 0 amide bonds. The first kappa shape index (κ1) is 12.8. The summed E-state index contributed by atoms with van der Waals surface area (Å²) in [4.78, 5) is 10.8. The van der Waals surface area contributed by atoms with Crippen LogP contribution in [0.15, 0.2) is 12.1 Å². The molecule has 0 unspecified atom stereocenters. The van der Waals surface area contributed by atoms with Crippen molar-refractivity contribution in [2.75, 3.05) is 0 Å². The van der Waals surface area contributed by atoms with E-state index in [0.717, 1.165) is 6.07 Å². The van der Waals surface area contributed by atoms with Crippen LogP contribution in [0.4, 0.5) is 4.39 Å². The summed E-state index contributed by atoms with van der Waals surface area (Å²) < 4.78 is 13.2. The fraction of sp³-hybridized carbons (Fsp3) is 0.300. The molecular weight excluding hydrogens is 246 g/mol. The second kappa shape index (κ2) is 3.94. The molecule has 0 saturated heterocycles. The molecule has 0 bridgehead atoms. The van der Waals surface area contributed by atoms with Crippen LogP contribution in [0.25, 0.3) is 0 Å². The fourth-order valence-electron chi connectivity index (χ4n) is 2.15. The van der Waals surface area contributed by atoms with Crippen LogP contribution < -0.4 is 0 Å². The smallest absolute Gasteiger partial charge is 0.375 e. The highest BCUT2D eigenvalue weighted by atomic mass is 19.1. The molecule has 0 spiro atoms. The molecule has 18 heavy (non-hydrogen) atoms. The quantitative estimate of drug-likeness (QED) is 0.486. The summed E-state index contributed by atoms with van der Waals surface area (Å²) >= 11 is 0. The molecule has 6 nitrogen and oxygen atoms in total. The molecule has 0 heterocycles. The van der Waals surface area contributed by atoms with Gasteiger partial charge in [0.25, 0.3) is 0 Å². The lowest BCUT2D eigenvalue weighted by molar-refractivity contribution is 0.0688. The van der Waals surface area contributed by atoms with E-state index in [1.807, 2.05) is 0 Å². The monoisotopic (exact) mass is 257 g/mol. The van der Waals surface area contributed by atoms with E-state index in [2.05, 4.69) is 0 Å². The topological polar surface area (TPSA) is 118 Å². The van der Waals surface area contributed by atoms with Crippen LogP contribution in [-0.4, -0.2) is 38.0 Å². The molecule has 1 aromatic rings. The predicted octanol–water partition coefficient (Wildman–Crippen LogP) is 0.00280. The molecule has 0 radical (unpaired) electrons. The van der Waals surface area contributed by atoms with Gasteiger partial charge in [0, 0.05) is 0 Å². The van der Waals surface area contributed by atoms with Crippen molar-refractivity contribution in [1.82, 2.24) is 0 Å². The molecule has 1 aliphatic rings. The van der Waals surface area contributed by atoms with Crippen molar-refractivity contribution in [3.63, 3.8) is 0 Å². The normalized spacial score (nSPS) is 22.9. The van der Waals surface area contributed by atoms with E-state index < -0.39 is 41.6 Å². The molecule has 1 saturated carbocycles. The van der Waals surface area contributed by atoms with Crippen LogP contribution in [0.3, 0.4) is 0 Å². The highest BCUT2D eigenvalue weighted by molar-refractivity contribution is 6.59. The molecule has 1 fully saturated rings. The minimum absolute atomic E-state index is 0.0854. The Balaban J connectivity index is 2.38. The second-order valence-corrected chi connectivity index (χ2v) is 4.47. The van der Waals surface area contributed by atoms with Gasteiger partial charge in [-0.25, -0.2) is 9.18 Å². The number of carboxylic acids is 1. The van der Waals surface area contributed by atoms with Crippen molar-refractivity contribution in [3.05, 3.63) is 29.1 Å². The first-order chi connectivity index (χ1) is 8.23. The number of carbonyl (C=O) groups is 1. The van der Waals surface area contributed by atoms with Gasteiger partial charge in [-0.2, -0.15) is 0 Å². The van der Waals surface area contributed by atoms with E-state index in [0.29, 0.717) is 0 Å². The van der Waals surface area contributed by atoms with Crippen molar-refractivity contribution in [3.8, 4) is 5.75 Å². The Hall–Kier alpha value is -1.64. The molecule has 2 rings (SSSR count). The van der Waals surface area contributed by atoms with E-state index >= 15 is 0 Å². The van der Waals surface area contributed by atoms with Gasteiger partial charge in [0.15, 0.2) is 0 Å². The van der Waals surface area contributed by atoms with Gasteiger partial charge in [0.2, 0.25) is 0 Å². The largest absolute Gasteiger partial charge is 0.559 e. The lowest BCUT2D eigenvalue weighted by Gasteiger charge is -2.20. The summed E-state index contributed by atoms with van der Waals surface area (Å²) in [6.45, 7) is -3.53. The van der Waals surface area contributed by atoms with Gasteiger partial charge in [-0.15, -0.1) is 0 Å². The third-order valence-corrected chi connectivity index (χ3v) is 3.19. The van der Waals surface area contributed by atoms with Crippen LogP contribution in [0, 0.1) is 5.82 Å². The molecule has 0 aliphatic heterocycles. The molecule has 2 atom stereocenters. The Morgan fingerprint density at radius 3 is 2.39 bits per heavy atom. The van der Waals surface area contributed by atoms with Gasteiger partial charge in [0.05, 0.1) is 0 Å². The highest BCUT2D eigenvalue weighted by Gasteiger charge is 2.48. The maximum atomic E-state index is 13.2. The summed E-state index contributed by atoms with van der Waals surface area (Å²) in [5.41, 5.74) is -0.771. The summed E-state index contributed by atoms with van der Waals surface area (Å²) in [6.07, 6.45) is 0.182. The Morgan fingerprint density at radius 2 is 1.94 bits per heavy atom. The van der Waals surface area contributed by atoms with Gasteiger partial charge in [-0.1, -0.05) is 18.3 Å². The third-order valence-electron chi connectivity index (χ3n) is 3.19. The van der Waals surface area contributed by atoms with E-state index in [4.69, 9.17) is 20.2 Å². The number of rotatable bonds is 3. The number of phenols is 1. The fourth-order valence-corrected chi connectivity index (χ4v) is 2.15. The first-order valence-electron chi connectivity index (χ1n) is 5.30. The number of hydrogen-bond donors (Lipinski definition) is 5. The molecule has 1 aromatic carbocycles. The SMILES string of the molecule is O=C(O)c1c(F)ccc([C@H]2C[C@H]2[B-](O)(O)O)c1O. The van der Waals surface area contributed by atoms with Crippen LogP contribution in [0.2, 0.25) is 5.82 Å². The summed E-state index contributed by atoms with van der Waals surface area (Å²) in [6, 6.07) is 2.05. The zero-order valence-electron chi connectivity index (χ0n) is 9.12. The number of benzene rings is 1. The van der Waals surface area contributed by atoms with Crippen molar-refractivity contribution in [1.29, 1.82) is 0 Å². The molecular formula is C10H11BFO6-. The van der Waals surface area contributed by atoms with E-state index in [1.165, 1.54) is 6.07 Å². The molecule has 8 heteroatoms. The zero-order chi connectivity index (χ0) is 13.7. The number of halogens is 1. The zero-order valence-corrected chi connectivity index (χ0v) is 9.12. The predicted molar refractivity (Wildman–Crippen MR) is 58.5 cm³/mol. The van der Waals surface area contributed by atoms with E-state index in [-0.39, 0.29) is 12.0 Å². The molecule has 0 aromatic heterocycles. The number of aromatic hydroxyl groups is 1. The summed E-state index contributed by atoms with van der Waals surface area (Å²) in [5.74, 6) is -4.89. The van der Waals surface area contributed by atoms with E-state index in [1.54, 1.807) is 0 Å². The number of aromatic carboxylic acids is 1. The lowest BCUT2D eigenvalue weighted by atomic mass is 9.71. The lowest BCUT2D eigenvalue weighted by Crippen LogP contribution is -2.35. The minimum Gasteiger partial charge on any atom is -0.559 e. The van der Waals surface area contributed by atoms with Gasteiger partial charge < -0.3 is 25.3 Å². The molecule has 5 N–H and O–H groups in total. The summed E-state index contributed by atoms with van der Waals surface area (Å²) in [7, 11) is 0. The highest BCUT2D eigenvalue weighted by Crippen LogP contribution is 2.58. The standard InChI is InChI=1S/C10H11BFO6/c12-7-2-1-4(9(13)8(7)10(14)15)5-3-6(5)11(16,17)18/h1-2,5-6,13,16-18H,3H2,(H,14,15)/q-1/t5-,6-/m1/s1. The van der Waals surface area contributed by atoms with Crippen LogP contribution in [0.5, 0.6) is 5.75 Å². The van der Waals surface area contributed by atoms with Gasteiger partial charge in [-0.3, -0.25) is 0 Å².